The molecule has 0 atom stereocenters. The lowest BCUT2D eigenvalue weighted by Crippen LogP contribution is -2.20. The van der Waals surface area contributed by atoms with E-state index in [4.69, 9.17) is 25.8 Å². The van der Waals surface area contributed by atoms with Crippen LogP contribution in [0.4, 0.5) is 0 Å². The molecule has 166 valence electrons. The van der Waals surface area contributed by atoms with Crippen LogP contribution in [0.2, 0.25) is 0 Å². The first-order chi connectivity index (χ1) is 15.7. The second kappa shape index (κ2) is 10.7. The standard InChI is InChI=1S/C27H27ClO4/c1-30-27(29)25-24(20-11-6-3-7-12-20)21(14-15-28)23(22-13-8-16-32-26(22)25)18-31-17-19-9-4-2-5-10-19/h2-7,9-12H,8,13-18H2,1H3. The molecule has 0 saturated heterocycles. The summed E-state index contributed by atoms with van der Waals surface area (Å²) in [7, 11) is 1.41. The largest absolute Gasteiger partial charge is 0.492 e. The molecular formula is C27H27ClO4. The van der Waals surface area contributed by atoms with Gasteiger partial charge in [-0.05, 0) is 41.5 Å². The molecule has 32 heavy (non-hydrogen) atoms. The Bertz CT molecular complexity index is 1060. The predicted molar refractivity (Wildman–Crippen MR) is 126 cm³/mol. The highest BCUT2D eigenvalue weighted by molar-refractivity contribution is 6.18. The number of halogens is 1. The van der Waals surface area contributed by atoms with E-state index in [0.717, 1.165) is 46.2 Å². The molecule has 5 heteroatoms. The number of benzene rings is 3. The van der Waals surface area contributed by atoms with Crippen LogP contribution < -0.4 is 4.74 Å². The maximum absolute atomic E-state index is 13.0. The molecule has 1 heterocycles. The van der Waals surface area contributed by atoms with Crippen molar-refractivity contribution >= 4 is 17.6 Å². The number of alkyl halides is 1. The molecule has 0 unspecified atom stereocenters. The van der Waals surface area contributed by atoms with E-state index in [1.54, 1.807) is 0 Å². The Morgan fingerprint density at radius 3 is 2.41 bits per heavy atom. The molecule has 1 aliphatic rings. The van der Waals surface area contributed by atoms with Gasteiger partial charge in [-0.3, -0.25) is 0 Å². The van der Waals surface area contributed by atoms with E-state index in [0.29, 0.717) is 43.4 Å². The monoisotopic (exact) mass is 450 g/mol. The van der Waals surface area contributed by atoms with Crippen LogP contribution in [0.1, 0.15) is 39.0 Å². The lowest BCUT2D eigenvalue weighted by atomic mass is 9.83. The second-order valence-corrected chi connectivity index (χ2v) is 8.12. The van der Waals surface area contributed by atoms with Gasteiger partial charge in [0.25, 0.3) is 0 Å². The fourth-order valence-electron chi connectivity index (χ4n) is 4.34. The van der Waals surface area contributed by atoms with Gasteiger partial charge >= 0.3 is 5.97 Å². The van der Waals surface area contributed by atoms with Crippen LogP contribution in [-0.4, -0.2) is 25.6 Å². The number of carbonyl (C=O) groups excluding carboxylic acids is 1. The average Bonchev–Trinajstić information content (AvgIpc) is 2.85. The smallest absolute Gasteiger partial charge is 0.342 e. The quantitative estimate of drug-likeness (QED) is 0.313. The molecule has 0 N–H and O–H groups in total. The van der Waals surface area contributed by atoms with E-state index in [1.165, 1.54) is 7.11 Å². The minimum absolute atomic E-state index is 0.394. The maximum atomic E-state index is 13.0. The van der Waals surface area contributed by atoms with Crippen LogP contribution in [0.15, 0.2) is 60.7 Å². The van der Waals surface area contributed by atoms with Crippen molar-refractivity contribution in [2.75, 3.05) is 19.6 Å². The summed E-state index contributed by atoms with van der Waals surface area (Å²) in [5.41, 5.74) is 6.51. The fraction of sp³-hybridized carbons (Fsp3) is 0.296. The average molecular weight is 451 g/mol. The number of rotatable bonds is 8. The Hall–Kier alpha value is -2.82. The summed E-state index contributed by atoms with van der Waals surface area (Å²) in [6.45, 7) is 1.51. The molecule has 0 saturated carbocycles. The zero-order valence-electron chi connectivity index (χ0n) is 18.2. The summed E-state index contributed by atoms with van der Waals surface area (Å²) in [5, 5.41) is 0. The first-order valence-corrected chi connectivity index (χ1v) is 11.4. The predicted octanol–water partition coefficient (Wildman–Crippen LogP) is 5.96. The van der Waals surface area contributed by atoms with Crippen LogP contribution >= 0.6 is 11.6 Å². The Balaban J connectivity index is 1.86. The third-order valence-electron chi connectivity index (χ3n) is 5.75. The van der Waals surface area contributed by atoms with Crippen LogP contribution in [0, 0.1) is 0 Å². The highest BCUT2D eigenvalue weighted by atomic mass is 35.5. The van der Waals surface area contributed by atoms with E-state index in [1.807, 2.05) is 60.7 Å². The van der Waals surface area contributed by atoms with Crippen LogP contribution in [-0.2, 0) is 35.5 Å². The zero-order valence-corrected chi connectivity index (χ0v) is 19.0. The molecule has 1 aliphatic heterocycles. The molecule has 0 aromatic heterocycles. The van der Waals surface area contributed by atoms with Crippen LogP contribution in [0.3, 0.4) is 0 Å². The van der Waals surface area contributed by atoms with Crippen molar-refractivity contribution in [2.24, 2.45) is 0 Å². The van der Waals surface area contributed by atoms with Crippen molar-refractivity contribution in [1.82, 2.24) is 0 Å². The maximum Gasteiger partial charge on any atom is 0.342 e. The van der Waals surface area contributed by atoms with Gasteiger partial charge in [0.15, 0.2) is 0 Å². The molecule has 4 nitrogen and oxygen atoms in total. The number of hydrogen-bond acceptors (Lipinski definition) is 4. The Morgan fingerprint density at radius 2 is 1.72 bits per heavy atom. The molecular weight excluding hydrogens is 424 g/mol. The summed E-state index contributed by atoms with van der Waals surface area (Å²) < 4.78 is 17.4. The molecule has 4 rings (SSSR count). The summed E-state index contributed by atoms with van der Waals surface area (Å²) in [6.07, 6.45) is 2.34. The van der Waals surface area contributed by atoms with Gasteiger partial charge in [0.1, 0.15) is 11.3 Å². The topological polar surface area (TPSA) is 44.8 Å². The highest BCUT2D eigenvalue weighted by Crippen LogP contribution is 2.43. The van der Waals surface area contributed by atoms with E-state index in [9.17, 15) is 4.79 Å². The SMILES string of the molecule is COC(=O)c1c2c(c(COCc3ccccc3)c(CCCl)c1-c1ccccc1)CCCO2. The number of methoxy groups -OCH3 is 1. The lowest BCUT2D eigenvalue weighted by molar-refractivity contribution is 0.0595. The summed E-state index contributed by atoms with van der Waals surface area (Å²) in [6, 6.07) is 20.0. The molecule has 3 aromatic rings. The molecule has 0 fully saturated rings. The minimum atomic E-state index is -0.394. The van der Waals surface area contributed by atoms with E-state index >= 15 is 0 Å². The van der Waals surface area contributed by atoms with E-state index in [-0.39, 0.29) is 0 Å². The van der Waals surface area contributed by atoms with Gasteiger partial charge in [-0.25, -0.2) is 4.79 Å². The van der Waals surface area contributed by atoms with Gasteiger partial charge in [-0.15, -0.1) is 11.6 Å². The van der Waals surface area contributed by atoms with Gasteiger partial charge in [0.2, 0.25) is 0 Å². The summed E-state index contributed by atoms with van der Waals surface area (Å²) in [5.74, 6) is 0.666. The lowest BCUT2D eigenvalue weighted by Gasteiger charge is -2.28. The second-order valence-electron chi connectivity index (χ2n) is 7.74. The third kappa shape index (κ3) is 4.67. The Kier molecular flexibility index (Phi) is 7.46. The van der Waals surface area contributed by atoms with Crippen molar-refractivity contribution in [3.05, 3.63) is 88.5 Å². The number of carbonyl (C=O) groups is 1. The van der Waals surface area contributed by atoms with Crippen LogP contribution in [0.25, 0.3) is 11.1 Å². The van der Waals surface area contributed by atoms with E-state index in [2.05, 4.69) is 0 Å². The number of ether oxygens (including phenoxy) is 3. The van der Waals surface area contributed by atoms with Gasteiger partial charge in [0, 0.05) is 17.0 Å². The van der Waals surface area contributed by atoms with Gasteiger partial charge in [-0.1, -0.05) is 60.7 Å². The van der Waals surface area contributed by atoms with Crippen molar-refractivity contribution < 1.29 is 19.0 Å². The molecule has 0 radical (unpaired) electrons. The van der Waals surface area contributed by atoms with Gasteiger partial charge < -0.3 is 14.2 Å². The normalized spacial score (nSPS) is 12.7. The molecule has 0 amide bonds. The van der Waals surface area contributed by atoms with Gasteiger partial charge in [0.05, 0.1) is 26.9 Å². The summed E-state index contributed by atoms with van der Waals surface area (Å²) in [4.78, 5) is 13.0. The van der Waals surface area contributed by atoms with Gasteiger partial charge in [-0.2, -0.15) is 0 Å². The van der Waals surface area contributed by atoms with Crippen molar-refractivity contribution in [3.63, 3.8) is 0 Å². The highest BCUT2D eigenvalue weighted by Gasteiger charge is 2.31. The number of hydrogen-bond donors (Lipinski definition) is 0. The Morgan fingerprint density at radius 1 is 1.00 bits per heavy atom. The number of fused-ring (bicyclic) bond motifs is 1. The van der Waals surface area contributed by atoms with Crippen LogP contribution in [0.5, 0.6) is 5.75 Å². The third-order valence-corrected chi connectivity index (χ3v) is 5.94. The fourth-order valence-corrected chi connectivity index (χ4v) is 4.53. The summed E-state index contributed by atoms with van der Waals surface area (Å²) >= 11 is 6.26. The number of esters is 1. The first kappa shape index (κ1) is 22.4. The van der Waals surface area contributed by atoms with Crippen molar-refractivity contribution in [1.29, 1.82) is 0 Å². The zero-order chi connectivity index (χ0) is 22.3. The van der Waals surface area contributed by atoms with E-state index < -0.39 is 5.97 Å². The van der Waals surface area contributed by atoms with Crippen molar-refractivity contribution in [2.45, 2.75) is 32.5 Å². The molecule has 0 spiro atoms. The molecule has 0 aliphatic carbocycles. The minimum Gasteiger partial charge on any atom is -0.492 e. The molecule has 3 aromatic carbocycles. The first-order valence-electron chi connectivity index (χ1n) is 10.9. The van der Waals surface area contributed by atoms with Crippen molar-refractivity contribution in [3.8, 4) is 16.9 Å². The Labute approximate surface area is 194 Å². The molecule has 0 bridgehead atoms.